The summed E-state index contributed by atoms with van der Waals surface area (Å²) in [6, 6.07) is 0. The van der Waals surface area contributed by atoms with Crippen LogP contribution in [0.5, 0.6) is 0 Å². The second kappa shape index (κ2) is 9.87. The predicted octanol–water partition coefficient (Wildman–Crippen LogP) is 0.520. The van der Waals surface area contributed by atoms with Crippen LogP contribution in [0.3, 0.4) is 0 Å². The molecular weight excluding hydrogens is 411 g/mol. The highest BCUT2D eigenvalue weighted by molar-refractivity contribution is 6.41. The Balaban J connectivity index is 0.000000211. The van der Waals surface area contributed by atoms with Crippen LogP contribution in [0, 0.1) is 0 Å². The third kappa shape index (κ3) is 5.02. The number of ether oxygens (including phenoxy) is 2. The average molecular weight is 431 g/mol. The van der Waals surface area contributed by atoms with E-state index >= 15 is 0 Å². The molecule has 12 heteroatoms. The summed E-state index contributed by atoms with van der Waals surface area (Å²) in [6.07, 6.45) is 3.00. The van der Waals surface area contributed by atoms with Gasteiger partial charge in [0.05, 0.1) is 49.5 Å². The molecule has 0 radical (unpaired) electrons. The van der Waals surface area contributed by atoms with Gasteiger partial charge in [-0.1, -0.05) is 23.2 Å². The Bertz CT molecular complexity index is 893. The number of aromatic nitrogens is 4. The molecule has 2 N–H and O–H groups in total. The van der Waals surface area contributed by atoms with Gasteiger partial charge in [-0.25, -0.2) is 10.2 Å². The molecule has 2 aromatic heterocycles. The number of morpholine rings is 2. The minimum absolute atomic E-state index is 0.0216. The molecule has 2 aliphatic heterocycles. The highest BCUT2D eigenvalue weighted by atomic mass is 35.5. The van der Waals surface area contributed by atoms with Crippen molar-refractivity contribution in [3.05, 3.63) is 43.1 Å². The minimum Gasteiger partial charge on any atom is -0.378 e. The summed E-state index contributed by atoms with van der Waals surface area (Å²) < 4.78 is 10.7. The van der Waals surface area contributed by atoms with E-state index in [1.54, 1.807) is 6.20 Å². The van der Waals surface area contributed by atoms with Gasteiger partial charge in [0.25, 0.3) is 11.1 Å². The van der Waals surface area contributed by atoms with Crippen LogP contribution in [0.4, 0.5) is 11.4 Å². The van der Waals surface area contributed by atoms with Gasteiger partial charge in [-0.15, -0.1) is 0 Å². The Labute approximate surface area is 170 Å². The zero-order valence-electron chi connectivity index (χ0n) is 15.0. The van der Waals surface area contributed by atoms with Crippen LogP contribution in [0.1, 0.15) is 0 Å². The maximum atomic E-state index is 12.1. The van der Waals surface area contributed by atoms with Crippen LogP contribution in [0.25, 0.3) is 0 Å². The molecule has 0 aromatic carbocycles. The molecule has 28 heavy (non-hydrogen) atoms. The van der Waals surface area contributed by atoms with Crippen molar-refractivity contribution in [2.75, 3.05) is 62.4 Å². The van der Waals surface area contributed by atoms with Crippen LogP contribution < -0.4 is 20.9 Å². The van der Waals surface area contributed by atoms with Crippen molar-refractivity contribution in [2.45, 2.75) is 0 Å². The fourth-order valence-corrected chi connectivity index (χ4v) is 3.10. The summed E-state index contributed by atoms with van der Waals surface area (Å²) in [5, 5.41) is 12.1. The van der Waals surface area contributed by atoms with Gasteiger partial charge in [0, 0.05) is 26.2 Å². The van der Waals surface area contributed by atoms with Crippen molar-refractivity contribution in [3.63, 3.8) is 0 Å². The van der Waals surface area contributed by atoms with Crippen molar-refractivity contribution in [2.24, 2.45) is 0 Å². The summed E-state index contributed by atoms with van der Waals surface area (Å²) in [5.74, 6) is 0. The zero-order valence-corrected chi connectivity index (χ0v) is 16.5. The number of hydrogen-bond donors (Lipinski definition) is 2. The first-order valence-electron chi connectivity index (χ1n) is 8.69. The summed E-state index contributed by atoms with van der Waals surface area (Å²) in [5.41, 5.74) is 1.00. The standard InChI is InChI=1S/C12H18N4O3.C4H2Cl2N2O/c17-12-11(16-3-7-19-8-4-16)10(9-13-14-12)15-1-5-18-6-2-15;5-2-1-7-8-4(9)3(2)6/h9H,1-8H2,(H,14,17);1H,(H,8,9). The maximum absolute atomic E-state index is 12.1. The Morgan fingerprint density at radius 3 is 1.93 bits per heavy atom. The molecule has 152 valence electrons. The summed E-state index contributed by atoms with van der Waals surface area (Å²) in [4.78, 5) is 26.9. The van der Waals surface area contributed by atoms with Crippen LogP contribution >= 0.6 is 23.2 Å². The number of rotatable bonds is 2. The summed E-state index contributed by atoms with van der Waals surface area (Å²) in [6.45, 7) is 5.76. The van der Waals surface area contributed by atoms with Crippen LogP contribution in [-0.4, -0.2) is 73.0 Å². The Hall–Kier alpha value is -2.14. The van der Waals surface area contributed by atoms with Crippen molar-refractivity contribution < 1.29 is 9.47 Å². The Morgan fingerprint density at radius 2 is 1.36 bits per heavy atom. The van der Waals surface area contributed by atoms with Crippen LogP contribution in [0.2, 0.25) is 10.0 Å². The number of nitrogens with zero attached hydrogens (tertiary/aromatic N) is 4. The van der Waals surface area contributed by atoms with Gasteiger partial charge in [-0.05, 0) is 0 Å². The van der Waals surface area contributed by atoms with E-state index in [0.717, 1.165) is 31.9 Å². The van der Waals surface area contributed by atoms with Gasteiger partial charge >= 0.3 is 0 Å². The molecule has 0 unspecified atom stereocenters. The molecule has 10 nitrogen and oxygen atoms in total. The zero-order chi connectivity index (χ0) is 19.9. The number of halogens is 2. The van der Waals surface area contributed by atoms with E-state index in [2.05, 4.69) is 30.2 Å². The molecule has 0 spiro atoms. The third-order valence-corrected chi connectivity index (χ3v) is 5.00. The molecule has 0 bridgehead atoms. The number of aromatic amines is 2. The van der Waals surface area contributed by atoms with Crippen LogP contribution in [-0.2, 0) is 9.47 Å². The monoisotopic (exact) mass is 430 g/mol. The first-order valence-corrected chi connectivity index (χ1v) is 9.45. The quantitative estimate of drug-likeness (QED) is 0.707. The third-order valence-electron chi connectivity index (χ3n) is 4.24. The summed E-state index contributed by atoms with van der Waals surface area (Å²) >= 11 is 10.8. The van der Waals surface area contributed by atoms with E-state index in [4.69, 9.17) is 32.7 Å². The van der Waals surface area contributed by atoms with Gasteiger partial charge in [0.1, 0.15) is 10.7 Å². The summed E-state index contributed by atoms with van der Waals surface area (Å²) in [7, 11) is 0. The predicted molar refractivity (Wildman–Crippen MR) is 106 cm³/mol. The molecule has 4 rings (SSSR count). The lowest BCUT2D eigenvalue weighted by Crippen LogP contribution is -2.43. The number of anilines is 2. The average Bonchev–Trinajstić information content (AvgIpc) is 2.73. The normalized spacial score (nSPS) is 17.1. The molecule has 4 heterocycles. The first-order chi connectivity index (χ1) is 13.6. The first kappa shape index (κ1) is 20.6. The largest absolute Gasteiger partial charge is 0.378 e. The molecule has 0 amide bonds. The lowest BCUT2D eigenvalue weighted by Gasteiger charge is -2.34. The van der Waals surface area contributed by atoms with E-state index in [-0.39, 0.29) is 15.6 Å². The van der Waals surface area contributed by atoms with E-state index < -0.39 is 5.56 Å². The number of hydrogen-bond acceptors (Lipinski definition) is 8. The lowest BCUT2D eigenvalue weighted by atomic mass is 10.2. The molecular formula is C16H20Cl2N6O4. The molecule has 2 aliphatic rings. The fraction of sp³-hybridized carbons (Fsp3) is 0.500. The van der Waals surface area contributed by atoms with E-state index in [9.17, 15) is 9.59 Å². The van der Waals surface area contributed by atoms with Crippen molar-refractivity contribution in [1.82, 2.24) is 20.4 Å². The smallest absolute Gasteiger partial charge is 0.289 e. The number of H-pyrrole nitrogens is 2. The topological polar surface area (TPSA) is 116 Å². The minimum atomic E-state index is -0.468. The maximum Gasteiger partial charge on any atom is 0.289 e. The molecule has 2 fully saturated rings. The van der Waals surface area contributed by atoms with Crippen LogP contribution in [0.15, 0.2) is 22.0 Å². The lowest BCUT2D eigenvalue weighted by molar-refractivity contribution is 0.120. The molecule has 2 aromatic rings. The van der Waals surface area contributed by atoms with Crippen molar-refractivity contribution >= 4 is 34.6 Å². The van der Waals surface area contributed by atoms with Gasteiger partial charge < -0.3 is 19.3 Å². The highest BCUT2D eigenvalue weighted by Crippen LogP contribution is 2.25. The fourth-order valence-electron chi connectivity index (χ4n) is 2.87. The molecule has 2 saturated heterocycles. The van der Waals surface area contributed by atoms with E-state index in [1.165, 1.54) is 6.20 Å². The molecule has 0 saturated carbocycles. The van der Waals surface area contributed by atoms with Gasteiger partial charge in [0.2, 0.25) is 0 Å². The SMILES string of the molecule is O=c1[nH]ncc(Cl)c1Cl.O=c1[nH]ncc(N2CCOCC2)c1N1CCOCC1. The van der Waals surface area contributed by atoms with E-state index in [0.29, 0.717) is 32.1 Å². The molecule has 0 atom stereocenters. The van der Waals surface area contributed by atoms with Gasteiger partial charge in [-0.2, -0.15) is 10.2 Å². The Morgan fingerprint density at radius 1 is 0.821 bits per heavy atom. The van der Waals surface area contributed by atoms with Gasteiger partial charge in [-0.3, -0.25) is 9.59 Å². The Kier molecular flexibility index (Phi) is 7.26. The number of nitrogens with one attached hydrogen (secondary N) is 2. The van der Waals surface area contributed by atoms with Gasteiger partial charge in [0.15, 0.2) is 0 Å². The second-order valence-corrected chi connectivity index (χ2v) is 6.78. The van der Waals surface area contributed by atoms with Crippen molar-refractivity contribution in [3.8, 4) is 0 Å². The molecule has 0 aliphatic carbocycles. The highest BCUT2D eigenvalue weighted by Gasteiger charge is 2.23. The van der Waals surface area contributed by atoms with Crippen molar-refractivity contribution in [1.29, 1.82) is 0 Å². The van der Waals surface area contributed by atoms with E-state index in [1.807, 2.05) is 0 Å². The second-order valence-electron chi connectivity index (χ2n) is 5.99.